The summed E-state index contributed by atoms with van der Waals surface area (Å²) in [5.74, 6) is -0.463. The third kappa shape index (κ3) is 5.44. The molecule has 0 bridgehead atoms. The molecule has 9 heteroatoms. The van der Waals surface area contributed by atoms with E-state index in [0.29, 0.717) is 6.04 Å². The number of piperidine rings is 1. The van der Waals surface area contributed by atoms with Crippen LogP contribution in [0.1, 0.15) is 64.6 Å². The molecule has 2 amide bonds. The van der Waals surface area contributed by atoms with Gasteiger partial charge in [-0.2, -0.15) is 0 Å². The van der Waals surface area contributed by atoms with Gasteiger partial charge >= 0.3 is 0 Å². The SMILES string of the molecule is CNC(=O)[C@H]1C[C@H](O)CN1C(=O)[C@@H](n1cc(CCC2CCCCN2C)nn1)C(C)(C)C. The molecule has 174 valence electrons. The zero-order valence-electron chi connectivity index (χ0n) is 19.5. The summed E-state index contributed by atoms with van der Waals surface area (Å²) in [6, 6.07) is -0.705. The summed E-state index contributed by atoms with van der Waals surface area (Å²) in [6.07, 6.45) is 7.02. The third-order valence-electron chi connectivity index (χ3n) is 6.64. The van der Waals surface area contributed by atoms with Crippen molar-refractivity contribution in [2.45, 2.75) is 83.5 Å². The monoisotopic (exact) mass is 434 g/mol. The van der Waals surface area contributed by atoms with Crippen LogP contribution >= 0.6 is 0 Å². The fourth-order valence-corrected chi connectivity index (χ4v) is 4.89. The number of hydrogen-bond donors (Lipinski definition) is 2. The average Bonchev–Trinajstić information content (AvgIpc) is 3.32. The molecule has 3 heterocycles. The first-order valence-electron chi connectivity index (χ1n) is 11.4. The molecule has 1 aromatic rings. The summed E-state index contributed by atoms with van der Waals surface area (Å²) in [6.45, 7) is 7.24. The number of hydrogen-bond acceptors (Lipinski definition) is 6. The largest absolute Gasteiger partial charge is 0.391 e. The molecule has 31 heavy (non-hydrogen) atoms. The molecule has 1 aromatic heterocycles. The van der Waals surface area contributed by atoms with Gasteiger partial charge in [0.2, 0.25) is 11.8 Å². The van der Waals surface area contributed by atoms with Gasteiger partial charge in [-0.05, 0) is 44.7 Å². The van der Waals surface area contributed by atoms with Crippen LogP contribution in [0.4, 0.5) is 0 Å². The molecular weight excluding hydrogens is 396 g/mol. The molecule has 4 atom stereocenters. The Morgan fingerprint density at radius 2 is 2.06 bits per heavy atom. The van der Waals surface area contributed by atoms with Crippen LogP contribution < -0.4 is 5.32 Å². The van der Waals surface area contributed by atoms with Gasteiger partial charge in [-0.25, -0.2) is 4.68 Å². The number of nitrogens with one attached hydrogen (secondary N) is 1. The van der Waals surface area contributed by atoms with Crippen LogP contribution in [0.3, 0.4) is 0 Å². The van der Waals surface area contributed by atoms with E-state index < -0.39 is 23.6 Å². The van der Waals surface area contributed by atoms with Gasteiger partial charge in [0.1, 0.15) is 12.1 Å². The first kappa shape index (κ1) is 23.7. The Balaban J connectivity index is 1.75. The molecule has 2 fully saturated rings. The van der Waals surface area contributed by atoms with Crippen molar-refractivity contribution in [3.8, 4) is 0 Å². The summed E-state index contributed by atoms with van der Waals surface area (Å²) in [5, 5.41) is 21.4. The second kappa shape index (κ2) is 9.65. The highest BCUT2D eigenvalue weighted by Crippen LogP contribution is 2.34. The smallest absolute Gasteiger partial charge is 0.248 e. The molecule has 1 unspecified atom stereocenters. The van der Waals surface area contributed by atoms with E-state index >= 15 is 0 Å². The van der Waals surface area contributed by atoms with Gasteiger partial charge in [0.15, 0.2) is 0 Å². The van der Waals surface area contributed by atoms with Crippen molar-refractivity contribution in [1.29, 1.82) is 0 Å². The second-order valence-electron chi connectivity index (χ2n) is 10.1. The van der Waals surface area contributed by atoms with Gasteiger partial charge in [0.25, 0.3) is 0 Å². The summed E-state index contributed by atoms with van der Waals surface area (Å²) >= 11 is 0. The molecule has 2 saturated heterocycles. The van der Waals surface area contributed by atoms with Crippen molar-refractivity contribution in [3.05, 3.63) is 11.9 Å². The molecular formula is C22H38N6O3. The van der Waals surface area contributed by atoms with E-state index in [2.05, 4.69) is 27.6 Å². The molecule has 0 saturated carbocycles. The van der Waals surface area contributed by atoms with E-state index in [1.165, 1.54) is 24.2 Å². The number of likely N-dealkylation sites (N-methyl/N-ethyl adjacent to an activating group) is 1. The first-order chi connectivity index (χ1) is 14.6. The van der Waals surface area contributed by atoms with Crippen LogP contribution in [-0.2, 0) is 16.0 Å². The molecule has 0 aliphatic carbocycles. The number of amides is 2. The standard InChI is InChI=1S/C22H38N6O3/c1-22(2,3)19(21(31)27-14-17(29)12-18(27)20(30)23-4)28-13-15(24-25-28)9-10-16-8-6-7-11-26(16)5/h13,16-19,29H,6-12,14H2,1-5H3,(H,23,30)/t16?,17-,18+,19+/m0/s1. The summed E-state index contributed by atoms with van der Waals surface area (Å²) in [4.78, 5) is 29.8. The first-order valence-corrected chi connectivity index (χ1v) is 11.4. The van der Waals surface area contributed by atoms with Crippen LogP contribution in [-0.4, -0.2) is 87.1 Å². The third-order valence-corrected chi connectivity index (χ3v) is 6.64. The predicted octanol–water partition coefficient (Wildman–Crippen LogP) is 0.990. The number of rotatable bonds is 6. The number of carbonyl (C=O) groups is 2. The minimum Gasteiger partial charge on any atom is -0.391 e. The van der Waals surface area contributed by atoms with Gasteiger partial charge in [-0.3, -0.25) is 9.59 Å². The number of nitrogens with zero attached hydrogens (tertiary/aromatic N) is 5. The minimum absolute atomic E-state index is 0.152. The van der Waals surface area contributed by atoms with Crippen molar-refractivity contribution >= 4 is 11.8 Å². The van der Waals surface area contributed by atoms with Gasteiger partial charge in [0.05, 0.1) is 11.8 Å². The van der Waals surface area contributed by atoms with E-state index in [4.69, 9.17) is 0 Å². The van der Waals surface area contributed by atoms with Crippen LogP contribution in [0, 0.1) is 5.41 Å². The lowest BCUT2D eigenvalue weighted by atomic mass is 9.85. The van der Waals surface area contributed by atoms with E-state index in [1.54, 1.807) is 11.7 Å². The summed E-state index contributed by atoms with van der Waals surface area (Å²) < 4.78 is 1.65. The maximum absolute atomic E-state index is 13.6. The van der Waals surface area contributed by atoms with Gasteiger partial charge in [-0.1, -0.05) is 32.4 Å². The van der Waals surface area contributed by atoms with Gasteiger partial charge in [0, 0.05) is 32.3 Å². The molecule has 0 radical (unpaired) electrons. The predicted molar refractivity (Wildman–Crippen MR) is 117 cm³/mol. The minimum atomic E-state index is -0.703. The quantitative estimate of drug-likeness (QED) is 0.692. The van der Waals surface area contributed by atoms with E-state index in [0.717, 1.165) is 25.1 Å². The lowest BCUT2D eigenvalue weighted by Gasteiger charge is -2.34. The van der Waals surface area contributed by atoms with E-state index in [-0.39, 0.29) is 24.8 Å². The summed E-state index contributed by atoms with van der Waals surface area (Å²) in [5.41, 5.74) is 0.442. The maximum Gasteiger partial charge on any atom is 0.248 e. The zero-order chi connectivity index (χ0) is 22.8. The Labute approximate surface area is 185 Å². The Kier molecular flexibility index (Phi) is 7.36. The molecule has 2 N–H and O–H groups in total. The van der Waals surface area contributed by atoms with Crippen molar-refractivity contribution in [3.63, 3.8) is 0 Å². The number of aliphatic hydroxyl groups is 1. The number of aryl methyl sites for hydroxylation is 1. The number of likely N-dealkylation sites (tertiary alicyclic amines) is 2. The molecule has 9 nitrogen and oxygen atoms in total. The normalized spacial score (nSPS) is 26.1. The fraction of sp³-hybridized carbons (Fsp3) is 0.818. The van der Waals surface area contributed by atoms with Crippen LogP contribution in [0.15, 0.2) is 6.20 Å². The molecule has 0 spiro atoms. The van der Waals surface area contributed by atoms with Gasteiger partial charge in [-0.15, -0.1) is 5.10 Å². The van der Waals surface area contributed by atoms with Crippen LogP contribution in [0.2, 0.25) is 0 Å². The number of aliphatic hydroxyl groups excluding tert-OH is 1. The highest BCUT2D eigenvalue weighted by Gasteiger charge is 2.45. The molecule has 2 aliphatic heterocycles. The lowest BCUT2D eigenvalue weighted by molar-refractivity contribution is -0.144. The highest BCUT2D eigenvalue weighted by atomic mass is 16.3. The second-order valence-corrected chi connectivity index (χ2v) is 10.1. The fourth-order valence-electron chi connectivity index (χ4n) is 4.89. The number of carbonyl (C=O) groups excluding carboxylic acids is 2. The van der Waals surface area contributed by atoms with E-state index in [9.17, 15) is 14.7 Å². The summed E-state index contributed by atoms with van der Waals surface area (Å²) in [7, 11) is 3.73. The lowest BCUT2D eigenvalue weighted by Crippen LogP contribution is -2.49. The van der Waals surface area contributed by atoms with Gasteiger partial charge < -0.3 is 20.2 Å². The number of β-amino-alcohol motifs (C(OH)–C–C–N with tert-alkyl or cyclic N) is 1. The Hall–Kier alpha value is -2.00. The van der Waals surface area contributed by atoms with Crippen LogP contribution in [0.5, 0.6) is 0 Å². The zero-order valence-corrected chi connectivity index (χ0v) is 19.5. The highest BCUT2D eigenvalue weighted by molar-refractivity contribution is 5.90. The molecule has 0 aromatic carbocycles. The molecule has 3 rings (SSSR count). The van der Waals surface area contributed by atoms with Crippen molar-refractivity contribution in [2.75, 3.05) is 27.2 Å². The van der Waals surface area contributed by atoms with Crippen LogP contribution in [0.25, 0.3) is 0 Å². The van der Waals surface area contributed by atoms with Crippen molar-refractivity contribution < 1.29 is 14.7 Å². The number of aromatic nitrogens is 3. The Bertz CT molecular complexity index is 774. The Morgan fingerprint density at radius 3 is 2.71 bits per heavy atom. The average molecular weight is 435 g/mol. The maximum atomic E-state index is 13.6. The topological polar surface area (TPSA) is 104 Å². The van der Waals surface area contributed by atoms with Crippen molar-refractivity contribution in [2.24, 2.45) is 5.41 Å². The Morgan fingerprint density at radius 1 is 1.32 bits per heavy atom. The molecule has 2 aliphatic rings. The van der Waals surface area contributed by atoms with Crippen molar-refractivity contribution in [1.82, 2.24) is 30.1 Å². The van der Waals surface area contributed by atoms with E-state index in [1.807, 2.05) is 27.0 Å².